The predicted molar refractivity (Wildman–Crippen MR) is 134 cm³/mol. The molecule has 0 aromatic rings. The van der Waals surface area contributed by atoms with Crippen LogP contribution in [0.4, 0.5) is 0 Å². The van der Waals surface area contributed by atoms with E-state index in [1.807, 2.05) is 0 Å². The molecule has 5 aliphatic rings. The normalized spacial score (nSPS) is 55.0. The topological polar surface area (TPSA) is 63.3 Å². The Labute approximate surface area is 202 Å². The van der Waals surface area contributed by atoms with Crippen molar-refractivity contribution in [3.63, 3.8) is 0 Å². The molecular weight excluding hydrogens is 406 g/mol. The molecule has 10 atom stereocenters. The average molecular weight is 456 g/mol. The van der Waals surface area contributed by atoms with E-state index >= 15 is 0 Å². The summed E-state index contributed by atoms with van der Waals surface area (Å²) in [7, 11) is 0. The third-order valence-corrected chi connectivity index (χ3v) is 12.9. The summed E-state index contributed by atoms with van der Waals surface area (Å²) in [6, 6.07) is 0. The predicted octanol–water partition coefficient (Wildman–Crippen LogP) is 6.14. The van der Waals surface area contributed by atoms with Gasteiger partial charge >= 0.3 is 0 Å². The minimum Gasteiger partial charge on any atom is -0.396 e. The van der Waals surface area contributed by atoms with Gasteiger partial charge in [-0.1, -0.05) is 39.8 Å². The number of hydrogen-bond donors (Lipinski definition) is 2. The van der Waals surface area contributed by atoms with Crippen LogP contribution < -0.4 is 5.73 Å². The summed E-state index contributed by atoms with van der Waals surface area (Å²) in [5, 5.41) is 10.6. The first-order valence-electron chi connectivity index (χ1n) is 13.9. The number of hydrogen-bond acceptors (Lipinski definition) is 3. The maximum Gasteiger partial charge on any atom is 0.123 e. The van der Waals surface area contributed by atoms with Crippen LogP contribution in [0.25, 0.3) is 0 Å². The van der Waals surface area contributed by atoms with Crippen LogP contribution in [0, 0.1) is 57.2 Å². The number of carbonyl (C=O) groups excluding carboxylic acids is 1. The second-order valence-electron chi connectivity index (χ2n) is 14.6. The zero-order valence-electron chi connectivity index (χ0n) is 22.0. The van der Waals surface area contributed by atoms with Crippen molar-refractivity contribution in [3.8, 4) is 0 Å². The van der Waals surface area contributed by atoms with Crippen molar-refractivity contribution in [2.45, 2.75) is 104 Å². The molecule has 0 bridgehead atoms. The molecule has 33 heavy (non-hydrogen) atoms. The smallest absolute Gasteiger partial charge is 0.123 e. The van der Waals surface area contributed by atoms with Gasteiger partial charge in [0.15, 0.2) is 0 Å². The van der Waals surface area contributed by atoms with Gasteiger partial charge in [-0.05, 0) is 122 Å². The molecule has 0 amide bonds. The first-order chi connectivity index (χ1) is 15.4. The molecule has 5 aliphatic carbocycles. The molecule has 3 heteroatoms. The molecule has 5 fully saturated rings. The largest absolute Gasteiger partial charge is 0.396 e. The third kappa shape index (κ3) is 2.97. The minimum atomic E-state index is -0.177. The quantitative estimate of drug-likeness (QED) is 0.397. The van der Waals surface area contributed by atoms with Crippen molar-refractivity contribution in [3.05, 3.63) is 12.2 Å². The van der Waals surface area contributed by atoms with E-state index in [0.717, 1.165) is 32.1 Å². The van der Waals surface area contributed by atoms with Crippen LogP contribution in [0.15, 0.2) is 12.2 Å². The average Bonchev–Trinajstić information content (AvgIpc) is 3.13. The lowest BCUT2D eigenvalue weighted by Crippen LogP contribution is -2.73. The maximum atomic E-state index is 12.0. The lowest BCUT2D eigenvalue weighted by molar-refractivity contribution is -0.214. The Bertz CT molecular complexity index is 835. The molecule has 3 N–H and O–H groups in total. The molecule has 5 saturated carbocycles. The fourth-order valence-corrected chi connectivity index (χ4v) is 11.7. The maximum absolute atomic E-state index is 12.0. The Morgan fingerprint density at radius 2 is 1.73 bits per heavy atom. The minimum absolute atomic E-state index is 0.0525. The van der Waals surface area contributed by atoms with Crippen LogP contribution in [0.3, 0.4) is 0 Å². The Hall–Kier alpha value is -0.670. The zero-order chi connectivity index (χ0) is 24.0. The number of aliphatic hydroxyl groups is 1. The molecule has 3 nitrogen and oxygen atoms in total. The summed E-state index contributed by atoms with van der Waals surface area (Å²) in [5.41, 5.74) is 9.40. The molecular formula is C30H49NO2. The van der Waals surface area contributed by atoms with Gasteiger partial charge in [0.2, 0.25) is 0 Å². The Morgan fingerprint density at radius 3 is 2.36 bits per heavy atom. The van der Waals surface area contributed by atoms with Crippen LogP contribution >= 0.6 is 0 Å². The Kier molecular flexibility index (Phi) is 5.40. The van der Waals surface area contributed by atoms with Crippen LogP contribution in [0.5, 0.6) is 0 Å². The van der Waals surface area contributed by atoms with E-state index in [4.69, 9.17) is 5.73 Å². The van der Waals surface area contributed by atoms with Crippen LogP contribution in [-0.4, -0.2) is 23.5 Å². The van der Waals surface area contributed by atoms with E-state index in [1.54, 1.807) is 0 Å². The second-order valence-corrected chi connectivity index (χ2v) is 14.6. The van der Waals surface area contributed by atoms with Gasteiger partial charge in [0.25, 0.3) is 0 Å². The molecule has 0 spiro atoms. The summed E-state index contributed by atoms with van der Waals surface area (Å²) < 4.78 is 0. The van der Waals surface area contributed by atoms with Gasteiger partial charge in [0, 0.05) is 18.1 Å². The summed E-state index contributed by atoms with van der Waals surface area (Å²) in [4.78, 5) is 12.0. The van der Waals surface area contributed by atoms with Gasteiger partial charge in [-0.25, -0.2) is 0 Å². The highest BCUT2D eigenvalue weighted by atomic mass is 16.3. The fraction of sp³-hybridized carbons (Fsp3) is 0.900. The van der Waals surface area contributed by atoms with Crippen molar-refractivity contribution in [1.82, 2.24) is 0 Å². The molecule has 0 heterocycles. The van der Waals surface area contributed by atoms with E-state index < -0.39 is 0 Å². The van der Waals surface area contributed by atoms with Gasteiger partial charge in [0.05, 0.1) is 0 Å². The summed E-state index contributed by atoms with van der Waals surface area (Å²) in [5.74, 6) is 2.90. The molecule has 0 saturated heterocycles. The van der Waals surface area contributed by atoms with E-state index in [-0.39, 0.29) is 33.1 Å². The van der Waals surface area contributed by atoms with Crippen LogP contribution in [0.2, 0.25) is 0 Å². The van der Waals surface area contributed by atoms with Crippen molar-refractivity contribution in [2.24, 2.45) is 62.9 Å². The van der Waals surface area contributed by atoms with Gasteiger partial charge < -0.3 is 15.6 Å². The van der Waals surface area contributed by atoms with E-state index in [1.165, 1.54) is 44.0 Å². The molecule has 0 aromatic heterocycles. The molecule has 5 unspecified atom stereocenters. The standard InChI is InChI=1S/C30H49NO2/c1-19(2)21-9-12-29(18-33)13-14-30(31)22(25(21)29)7-8-24-27(5)16-20(17-32)15-26(3,4)23(27)10-11-28(24,30)6/h17,20-25,33H,1,7-16,18,31H2,2-6H3/t20?,21-,22?,23?,24?,25?,27-,28+,29+,30-/m0/s1. The fourth-order valence-electron chi connectivity index (χ4n) is 11.7. The summed E-state index contributed by atoms with van der Waals surface area (Å²) >= 11 is 0. The van der Waals surface area contributed by atoms with Crippen molar-refractivity contribution in [2.75, 3.05) is 6.61 Å². The van der Waals surface area contributed by atoms with E-state index in [9.17, 15) is 9.90 Å². The van der Waals surface area contributed by atoms with E-state index in [2.05, 4.69) is 41.2 Å². The van der Waals surface area contributed by atoms with Crippen molar-refractivity contribution in [1.29, 1.82) is 0 Å². The summed E-state index contributed by atoms with van der Waals surface area (Å²) in [6.45, 7) is 16.8. The highest BCUT2D eigenvalue weighted by Crippen LogP contribution is 2.74. The first kappa shape index (κ1) is 24.0. The SMILES string of the molecule is C=C(C)[C@@H]1CC[C@]2(CO)CC[C@]3(N)C(CCC4[C@@]5(C)CC(C=O)CC(C)(C)C5CC[C@]43C)C12. The van der Waals surface area contributed by atoms with Gasteiger partial charge in [0.1, 0.15) is 6.29 Å². The highest BCUT2D eigenvalue weighted by Gasteiger charge is 2.71. The van der Waals surface area contributed by atoms with Crippen molar-refractivity contribution >= 4 is 6.29 Å². The highest BCUT2D eigenvalue weighted by molar-refractivity contribution is 5.54. The van der Waals surface area contributed by atoms with Gasteiger partial charge in [-0.3, -0.25) is 0 Å². The monoisotopic (exact) mass is 455 g/mol. The number of fused-ring (bicyclic) bond motifs is 7. The molecule has 0 aliphatic heterocycles. The van der Waals surface area contributed by atoms with Crippen LogP contribution in [0.1, 0.15) is 98.8 Å². The molecule has 5 rings (SSSR count). The number of nitrogens with two attached hydrogens (primary N) is 1. The number of rotatable bonds is 3. The van der Waals surface area contributed by atoms with Gasteiger partial charge in [-0.15, -0.1) is 0 Å². The van der Waals surface area contributed by atoms with Gasteiger partial charge in [-0.2, -0.15) is 0 Å². The molecule has 0 radical (unpaired) electrons. The number of aliphatic hydroxyl groups excluding tert-OH is 1. The third-order valence-electron chi connectivity index (χ3n) is 12.9. The van der Waals surface area contributed by atoms with Crippen LogP contribution in [-0.2, 0) is 4.79 Å². The Balaban J connectivity index is 1.56. The lowest BCUT2D eigenvalue weighted by atomic mass is 9.34. The summed E-state index contributed by atoms with van der Waals surface area (Å²) in [6.07, 6.45) is 12.6. The molecule has 0 aromatic carbocycles. The molecule has 186 valence electrons. The number of carbonyl (C=O) groups is 1. The number of aldehydes is 1. The van der Waals surface area contributed by atoms with Crippen molar-refractivity contribution < 1.29 is 9.90 Å². The van der Waals surface area contributed by atoms with E-state index in [0.29, 0.717) is 36.2 Å². The lowest BCUT2D eigenvalue weighted by Gasteiger charge is -2.72. The zero-order valence-corrected chi connectivity index (χ0v) is 22.0. The number of allylic oxidation sites excluding steroid dienone is 1. The Morgan fingerprint density at radius 1 is 1.00 bits per heavy atom. The second kappa shape index (κ2) is 7.42. The first-order valence-corrected chi connectivity index (χ1v) is 13.9.